The predicted molar refractivity (Wildman–Crippen MR) is 132 cm³/mol. The highest BCUT2D eigenvalue weighted by atomic mass is 32.1. The summed E-state index contributed by atoms with van der Waals surface area (Å²) in [7, 11) is 0. The molecule has 34 heavy (non-hydrogen) atoms. The third kappa shape index (κ3) is 2.75. The zero-order valence-corrected chi connectivity index (χ0v) is 18.9. The van der Waals surface area contributed by atoms with Crippen LogP contribution in [-0.4, -0.2) is 31.8 Å². The first-order valence-corrected chi connectivity index (χ1v) is 12.1. The number of nitrogens with one attached hydrogen (secondary N) is 2. The minimum absolute atomic E-state index is 0.370. The van der Waals surface area contributed by atoms with E-state index in [0.29, 0.717) is 22.8 Å². The van der Waals surface area contributed by atoms with Crippen molar-refractivity contribution < 1.29 is 9.59 Å². The largest absolute Gasteiger partial charge is 0.360 e. The summed E-state index contributed by atoms with van der Waals surface area (Å²) in [5.74, 6) is 0.317. The van der Waals surface area contributed by atoms with E-state index in [1.807, 2.05) is 30.5 Å². The summed E-state index contributed by atoms with van der Waals surface area (Å²) < 4.78 is 0. The summed E-state index contributed by atoms with van der Waals surface area (Å²) >= 11 is 1.69. The number of H-pyrrole nitrogens is 1. The smallest absolute Gasteiger partial charge is 0.280 e. The SMILES string of the molecule is O=C1c2ccccc2C(=O)N1Nc1nc(-c2c[nH]c3ccccc23)nc2sc3c(c12)CCCC3. The zero-order chi connectivity index (χ0) is 22.8. The van der Waals surface area contributed by atoms with Gasteiger partial charge < -0.3 is 4.98 Å². The third-order valence-electron chi connectivity index (χ3n) is 6.66. The first-order valence-electron chi connectivity index (χ1n) is 11.3. The van der Waals surface area contributed by atoms with Crippen molar-refractivity contribution in [2.45, 2.75) is 25.7 Å². The number of aromatic nitrogens is 3. The minimum atomic E-state index is -0.370. The van der Waals surface area contributed by atoms with Crippen molar-refractivity contribution in [1.29, 1.82) is 0 Å². The molecule has 5 aromatic rings. The van der Waals surface area contributed by atoms with Crippen LogP contribution in [0.3, 0.4) is 0 Å². The number of amides is 2. The highest BCUT2D eigenvalue weighted by Crippen LogP contribution is 2.41. The Morgan fingerprint density at radius 1 is 0.882 bits per heavy atom. The number of carbonyl (C=O) groups is 2. The van der Waals surface area contributed by atoms with Crippen LogP contribution in [0.4, 0.5) is 5.82 Å². The van der Waals surface area contributed by atoms with E-state index < -0.39 is 0 Å². The zero-order valence-electron chi connectivity index (χ0n) is 18.1. The molecule has 166 valence electrons. The molecule has 2 N–H and O–H groups in total. The molecule has 0 unspecified atom stereocenters. The summed E-state index contributed by atoms with van der Waals surface area (Å²) in [6.45, 7) is 0. The fourth-order valence-corrected chi connectivity index (χ4v) is 6.27. The highest BCUT2D eigenvalue weighted by Gasteiger charge is 2.36. The van der Waals surface area contributed by atoms with Gasteiger partial charge in [-0.15, -0.1) is 11.3 Å². The molecule has 0 radical (unpaired) electrons. The number of aryl methyl sites for hydroxylation is 2. The molecule has 4 heterocycles. The molecule has 1 aliphatic carbocycles. The van der Waals surface area contributed by atoms with E-state index in [9.17, 15) is 9.59 Å². The lowest BCUT2D eigenvalue weighted by Gasteiger charge is -2.18. The number of thiophene rings is 1. The van der Waals surface area contributed by atoms with Crippen LogP contribution in [0.2, 0.25) is 0 Å². The van der Waals surface area contributed by atoms with E-state index in [4.69, 9.17) is 9.97 Å². The molecule has 0 atom stereocenters. The Morgan fingerprint density at radius 3 is 2.44 bits per heavy atom. The first kappa shape index (κ1) is 19.4. The predicted octanol–water partition coefficient (Wildman–Crippen LogP) is 5.34. The maximum absolute atomic E-state index is 13.1. The van der Waals surface area contributed by atoms with Crippen molar-refractivity contribution >= 4 is 50.1 Å². The van der Waals surface area contributed by atoms with E-state index in [2.05, 4.69) is 10.4 Å². The average Bonchev–Trinajstić information content (AvgIpc) is 3.53. The fourth-order valence-electron chi connectivity index (χ4n) is 5.01. The third-order valence-corrected chi connectivity index (χ3v) is 7.84. The van der Waals surface area contributed by atoms with Gasteiger partial charge in [0.1, 0.15) is 4.83 Å². The van der Waals surface area contributed by atoms with Gasteiger partial charge >= 0.3 is 0 Å². The van der Waals surface area contributed by atoms with Crippen LogP contribution in [0, 0.1) is 0 Å². The van der Waals surface area contributed by atoms with Crippen LogP contribution in [0.5, 0.6) is 0 Å². The van der Waals surface area contributed by atoms with Crippen LogP contribution >= 0.6 is 11.3 Å². The second-order valence-electron chi connectivity index (χ2n) is 8.64. The highest BCUT2D eigenvalue weighted by molar-refractivity contribution is 7.19. The number of imide groups is 1. The summed E-state index contributed by atoms with van der Waals surface area (Å²) in [6, 6.07) is 14.9. The molecule has 0 fully saturated rings. The average molecular weight is 466 g/mol. The van der Waals surface area contributed by atoms with E-state index in [0.717, 1.165) is 57.4 Å². The molecule has 0 spiro atoms. The number of fused-ring (bicyclic) bond motifs is 5. The van der Waals surface area contributed by atoms with Crippen LogP contribution < -0.4 is 5.43 Å². The Labute approximate surface area is 198 Å². The molecule has 7 nitrogen and oxygen atoms in total. The quantitative estimate of drug-likeness (QED) is 0.351. The molecule has 0 saturated carbocycles. The molecule has 0 bridgehead atoms. The topological polar surface area (TPSA) is 91.0 Å². The summed E-state index contributed by atoms with van der Waals surface area (Å²) in [5.41, 5.74) is 7.01. The van der Waals surface area contributed by atoms with Crippen LogP contribution in [0.25, 0.3) is 32.5 Å². The van der Waals surface area contributed by atoms with Gasteiger partial charge in [-0.25, -0.2) is 9.97 Å². The van der Waals surface area contributed by atoms with Gasteiger partial charge in [0.05, 0.1) is 16.5 Å². The molecule has 7 rings (SSSR count). The monoisotopic (exact) mass is 465 g/mol. The van der Waals surface area contributed by atoms with Crippen LogP contribution in [0.1, 0.15) is 44.0 Å². The van der Waals surface area contributed by atoms with Gasteiger partial charge in [-0.3, -0.25) is 15.0 Å². The number of hydrazine groups is 1. The van der Waals surface area contributed by atoms with Crippen molar-refractivity contribution in [2.24, 2.45) is 0 Å². The molecule has 8 heteroatoms. The van der Waals surface area contributed by atoms with Crippen LogP contribution in [-0.2, 0) is 12.8 Å². The normalized spacial score (nSPS) is 15.2. The van der Waals surface area contributed by atoms with E-state index in [-0.39, 0.29) is 11.8 Å². The van der Waals surface area contributed by atoms with E-state index in [1.54, 1.807) is 35.6 Å². The van der Waals surface area contributed by atoms with Gasteiger partial charge in [-0.1, -0.05) is 30.3 Å². The Kier molecular flexibility index (Phi) is 4.13. The number of anilines is 1. The molecular weight excluding hydrogens is 446 g/mol. The van der Waals surface area contributed by atoms with Gasteiger partial charge in [-0.05, 0) is 49.4 Å². The number of rotatable bonds is 3. The first-order chi connectivity index (χ1) is 16.7. The molecule has 3 aromatic heterocycles. The summed E-state index contributed by atoms with van der Waals surface area (Å²) in [5, 5.41) is 3.02. The van der Waals surface area contributed by atoms with Gasteiger partial charge in [0.2, 0.25) is 0 Å². The van der Waals surface area contributed by atoms with Crippen molar-refractivity contribution in [2.75, 3.05) is 5.43 Å². The second-order valence-corrected chi connectivity index (χ2v) is 9.72. The van der Waals surface area contributed by atoms with Gasteiger partial charge in [0.15, 0.2) is 11.6 Å². The second kappa shape index (κ2) is 7.23. The number of aromatic amines is 1. The Hall–Kier alpha value is -4.04. The maximum atomic E-state index is 13.1. The van der Waals surface area contributed by atoms with Crippen LogP contribution in [0.15, 0.2) is 54.7 Å². The molecule has 2 amide bonds. The molecular formula is C26H19N5O2S. The lowest BCUT2D eigenvalue weighted by Crippen LogP contribution is -2.35. The van der Waals surface area contributed by atoms with Crippen molar-refractivity contribution in [3.63, 3.8) is 0 Å². The lowest BCUT2D eigenvalue weighted by molar-refractivity contribution is 0.0691. The lowest BCUT2D eigenvalue weighted by atomic mass is 9.97. The number of hydrogen-bond donors (Lipinski definition) is 2. The van der Waals surface area contributed by atoms with E-state index >= 15 is 0 Å². The van der Waals surface area contributed by atoms with Gasteiger partial charge in [0, 0.05) is 27.5 Å². The fraction of sp³-hybridized carbons (Fsp3) is 0.154. The number of nitrogens with zero attached hydrogens (tertiary/aromatic N) is 3. The molecule has 2 aliphatic rings. The Balaban J connectivity index is 1.41. The number of carbonyl (C=O) groups excluding carboxylic acids is 2. The standard InChI is InChI=1S/C26H19N5O2S/c32-25-15-8-1-2-9-16(15)26(33)31(25)30-23-21-17-10-4-6-12-20(17)34-24(21)29-22(28-23)18-13-27-19-11-5-3-7-14(18)19/h1-3,5,7-9,11,13,27H,4,6,10,12H2,(H,28,29,30). The number of para-hydroxylation sites is 1. The van der Waals surface area contributed by atoms with Crippen molar-refractivity contribution in [3.05, 3.63) is 76.3 Å². The number of hydrogen-bond acceptors (Lipinski definition) is 6. The Morgan fingerprint density at radius 2 is 1.62 bits per heavy atom. The Bertz CT molecular complexity index is 1620. The van der Waals surface area contributed by atoms with Crippen molar-refractivity contribution in [3.8, 4) is 11.4 Å². The number of benzene rings is 2. The summed E-state index contributed by atoms with van der Waals surface area (Å²) in [4.78, 5) is 41.4. The maximum Gasteiger partial charge on any atom is 0.280 e. The van der Waals surface area contributed by atoms with Gasteiger partial charge in [-0.2, -0.15) is 5.01 Å². The minimum Gasteiger partial charge on any atom is -0.360 e. The summed E-state index contributed by atoms with van der Waals surface area (Å²) in [6.07, 6.45) is 6.14. The van der Waals surface area contributed by atoms with Crippen molar-refractivity contribution in [1.82, 2.24) is 20.0 Å². The molecule has 1 aliphatic heterocycles. The molecule has 0 saturated heterocycles. The van der Waals surface area contributed by atoms with E-state index in [1.165, 1.54) is 10.4 Å². The molecule has 2 aromatic carbocycles. The van der Waals surface area contributed by atoms with Gasteiger partial charge in [0.25, 0.3) is 11.8 Å².